The summed E-state index contributed by atoms with van der Waals surface area (Å²) in [5.41, 5.74) is 1.10. The highest BCUT2D eigenvalue weighted by atomic mass is 16.5. The summed E-state index contributed by atoms with van der Waals surface area (Å²) < 4.78 is 7.14. The monoisotopic (exact) mass is 237 g/mol. The molecule has 0 saturated carbocycles. The second-order valence-electron chi connectivity index (χ2n) is 4.41. The smallest absolute Gasteiger partial charge is 0.134 e. The van der Waals surface area contributed by atoms with E-state index in [2.05, 4.69) is 10.4 Å². The van der Waals surface area contributed by atoms with Gasteiger partial charge in [0.15, 0.2) is 0 Å². The van der Waals surface area contributed by atoms with Crippen molar-refractivity contribution in [1.29, 1.82) is 0 Å². The zero-order valence-corrected chi connectivity index (χ0v) is 10.2. The molecule has 5 heteroatoms. The molecule has 94 valence electrons. The highest BCUT2D eigenvalue weighted by Gasteiger charge is 2.16. The number of rotatable bonds is 5. The van der Waals surface area contributed by atoms with Gasteiger partial charge in [-0.15, -0.1) is 0 Å². The number of carbonyl (C=O) groups excluding carboxylic acids is 1. The molecule has 0 aromatic carbocycles. The summed E-state index contributed by atoms with van der Waals surface area (Å²) in [7, 11) is 1.90. The summed E-state index contributed by atoms with van der Waals surface area (Å²) in [5.74, 6) is 0.286. The first kappa shape index (κ1) is 12.3. The minimum absolute atomic E-state index is 0.197. The maximum atomic E-state index is 11.8. The Kier molecular flexibility index (Phi) is 4.28. The lowest BCUT2D eigenvalue weighted by Crippen LogP contribution is -2.42. The molecule has 5 nitrogen and oxygen atoms in total. The second-order valence-corrected chi connectivity index (χ2v) is 4.41. The van der Waals surface area contributed by atoms with Crippen LogP contribution in [0.5, 0.6) is 0 Å². The van der Waals surface area contributed by atoms with Crippen LogP contribution >= 0.6 is 0 Å². The molecule has 2 heterocycles. The van der Waals surface area contributed by atoms with Crippen LogP contribution in [0.25, 0.3) is 0 Å². The number of nitrogens with zero attached hydrogens (tertiary/aromatic N) is 2. The zero-order valence-electron chi connectivity index (χ0n) is 10.2. The molecule has 1 aromatic rings. The standard InChI is InChI=1S/C12H19N3O2/c1-15-11(4-5-14-15)2-3-12(16)8-10-9-17-7-6-13-10/h4-5,10,13H,2-3,6-9H2,1H3. The maximum Gasteiger partial charge on any atom is 0.134 e. The van der Waals surface area contributed by atoms with E-state index < -0.39 is 0 Å². The van der Waals surface area contributed by atoms with Crippen molar-refractivity contribution in [2.75, 3.05) is 19.8 Å². The molecule has 2 rings (SSSR count). The average Bonchev–Trinajstić information content (AvgIpc) is 2.74. The van der Waals surface area contributed by atoms with Crippen molar-refractivity contribution in [3.05, 3.63) is 18.0 Å². The van der Waals surface area contributed by atoms with E-state index in [-0.39, 0.29) is 11.8 Å². The van der Waals surface area contributed by atoms with Crippen molar-refractivity contribution < 1.29 is 9.53 Å². The van der Waals surface area contributed by atoms with Crippen molar-refractivity contribution in [3.8, 4) is 0 Å². The summed E-state index contributed by atoms with van der Waals surface area (Å²) >= 11 is 0. The van der Waals surface area contributed by atoms with Crippen LogP contribution in [0.1, 0.15) is 18.5 Å². The van der Waals surface area contributed by atoms with E-state index in [9.17, 15) is 4.79 Å². The fraction of sp³-hybridized carbons (Fsp3) is 0.667. The van der Waals surface area contributed by atoms with Crippen LogP contribution in [0.15, 0.2) is 12.3 Å². The minimum atomic E-state index is 0.197. The molecule has 1 aromatic heterocycles. The Hall–Kier alpha value is -1.20. The van der Waals surface area contributed by atoms with E-state index in [1.807, 2.05) is 17.8 Å². The highest BCUT2D eigenvalue weighted by molar-refractivity contribution is 5.79. The average molecular weight is 237 g/mol. The Morgan fingerprint density at radius 2 is 2.59 bits per heavy atom. The number of Topliss-reactive ketones (excluding diaryl/α,β-unsaturated/α-hetero) is 1. The zero-order chi connectivity index (χ0) is 12.1. The van der Waals surface area contributed by atoms with Gasteiger partial charge in [0.25, 0.3) is 0 Å². The molecule has 1 fully saturated rings. The summed E-state index contributed by atoms with van der Waals surface area (Å²) in [6, 6.07) is 2.15. The van der Waals surface area contributed by atoms with Gasteiger partial charge in [0.2, 0.25) is 0 Å². The van der Waals surface area contributed by atoms with Gasteiger partial charge < -0.3 is 10.1 Å². The number of aromatic nitrogens is 2. The molecular formula is C12H19N3O2. The van der Waals surface area contributed by atoms with Gasteiger partial charge in [-0.25, -0.2) is 0 Å². The van der Waals surface area contributed by atoms with E-state index in [1.54, 1.807) is 6.20 Å². The number of ketones is 1. The highest BCUT2D eigenvalue weighted by Crippen LogP contribution is 2.06. The molecule has 1 N–H and O–H groups in total. The van der Waals surface area contributed by atoms with Gasteiger partial charge in [-0.1, -0.05) is 0 Å². The molecule has 0 spiro atoms. The van der Waals surface area contributed by atoms with Crippen LogP contribution in [-0.2, 0) is 23.0 Å². The molecule has 1 atom stereocenters. The number of hydrogen-bond donors (Lipinski definition) is 1. The largest absolute Gasteiger partial charge is 0.379 e. The predicted molar refractivity (Wildman–Crippen MR) is 63.8 cm³/mol. The first-order valence-electron chi connectivity index (χ1n) is 6.05. The Balaban J connectivity index is 1.72. The van der Waals surface area contributed by atoms with Gasteiger partial charge in [0.05, 0.1) is 13.2 Å². The molecule has 1 unspecified atom stereocenters. The molecular weight excluding hydrogens is 218 g/mol. The normalized spacial score (nSPS) is 20.4. The number of nitrogens with one attached hydrogen (secondary N) is 1. The lowest BCUT2D eigenvalue weighted by molar-refractivity contribution is -0.120. The summed E-state index contributed by atoms with van der Waals surface area (Å²) in [6.45, 7) is 2.25. The molecule has 0 amide bonds. The SMILES string of the molecule is Cn1nccc1CCC(=O)CC1COCCN1. The molecule has 17 heavy (non-hydrogen) atoms. The minimum Gasteiger partial charge on any atom is -0.379 e. The lowest BCUT2D eigenvalue weighted by Gasteiger charge is -2.23. The lowest BCUT2D eigenvalue weighted by atomic mass is 10.1. The van der Waals surface area contributed by atoms with Gasteiger partial charge in [-0.2, -0.15) is 5.10 Å². The van der Waals surface area contributed by atoms with E-state index >= 15 is 0 Å². The van der Waals surface area contributed by atoms with Crippen LogP contribution in [0.3, 0.4) is 0 Å². The predicted octanol–water partition coefficient (Wildman–Crippen LogP) is 0.300. The maximum absolute atomic E-state index is 11.8. The van der Waals surface area contributed by atoms with Crippen LogP contribution < -0.4 is 5.32 Å². The molecule has 1 saturated heterocycles. The summed E-state index contributed by atoms with van der Waals surface area (Å²) in [5, 5.41) is 7.37. The van der Waals surface area contributed by atoms with Crippen LogP contribution in [0.2, 0.25) is 0 Å². The van der Waals surface area contributed by atoms with Gasteiger partial charge >= 0.3 is 0 Å². The van der Waals surface area contributed by atoms with Crippen molar-refractivity contribution in [1.82, 2.24) is 15.1 Å². The van der Waals surface area contributed by atoms with Gasteiger partial charge in [-0.05, 0) is 12.5 Å². The van der Waals surface area contributed by atoms with Crippen LogP contribution in [-0.4, -0.2) is 41.4 Å². The van der Waals surface area contributed by atoms with Crippen LogP contribution in [0, 0.1) is 0 Å². The molecule has 0 aliphatic carbocycles. The quantitative estimate of drug-likeness (QED) is 0.800. The number of aryl methyl sites for hydroxylation is 2. The molecule has 0 bridgehead atoms. The van der Waals surface area contributed by atoms with Gasteiger partial charge in [0.1, 0.15) is 5.78 Å². The fourth-order valence-electron chi connectivity index (χ4n) is 2.04. The third-order valence-electron chi connectivity index (χ3n) is 3.05. The Morgan fingerprint density at radius 3 is 3.24 bits per heavy atom. The molecule has 0 radical (unpaired) electrons. The topological polar surface area (TPSA) is 56.2 Å². The number of hydrogen-bond acceptors (Lipinski definition) is 4. The molecule has 1 aliphatic heterocycles. The summed E-state index contributed by atoms with van der Waals surface area (Å²) in [6.07, 6.45) is 3.68. The van der Waals surface area contributed by atoms with Crippen molar-refractivity contribution in [2.45, 2.75) is 25.3 Å². The second kappa shape index (κ2) is 5.93. The van der Waals surface area contributed by atoms with Gasteiger partial charge in [0, 0.05) is 44.4 Å². The first-order chi connectivity index (χ1) is 8.25. The first-order valence-corrected chi connectivity index (χ1v) is 6.05. The van der Waals surface area contributed by atoms with Gasteiger partial charge in [-0.3, -0.25) is 9.48 Å². The fourth-order valence-corrected chi connectivity index (χ4v) is 2.04. The Labute approximate surface area is 101 Å². The van der Waals surface area contributed by atoms with Crippen molar-refractivity contribution in [2.24, 2.45) is 7.05 Å². The Morgan fingerprint density at radius 1 is 1.71 bits per heavy atom. The number of ether oxygens (including phenoxy) is 1. The third-order valence-corrected chi connectivity index (χ3v) is 3.05. The summed E-state index contributed by atoms with van der Waals surface area (Å²) in [4.78, 5) is 11.8. The van der Waals surface area contributed by atoms with Crippen molar-refractivity contribution in [3.63, 3.8) is 0 Å². The molecule has 1 aliphatic rings. The van der Waals surface area contributed by atoms with E-state index in [1.165, 1.54) is 0 Å². The Bertz CT molecular complexity index is 370. The van der Waals surface area contributed by atoms with Crippen molar-refractivity contribution >= 4 is 5.78 Å². The van der Waals surface area contributed by atoms with E-state index in [0.717, 1.165) is 25.3 Å². The van der Waals surface area contributed by atoms with E-state index in [4.69, 9.17) is 4.74 Å². The van der Waals surface area contributed by atoms with E-state index in [0.29, 0.717) is 19.4 Å². The van der Waals surface area contributed by atoms with Crippen LogP contribution in [0.4, 0.5) is 0 Å². The number of morpholine rings is 1. The third kappa shape index (κ3) is 3.64. The number of carbonyl (C=O) groups is 1.